The van der Waals surface area contributed by atoms with Crippen molar-refractivity contribution in [1.82, 2.24) is 15.2 Å². The summed E-state index contributed by atoms with van der Waals surface area (Å²) in [5.41, 5.74) is 7.32. The molecule has 130 valence electrons. The average molecular weight is 337 g/mol. The second kappa shape index (κ2) is 7.03. The molecule has 0 aliphatic carbocycles. The van der Waals surface area contributed by atoms with Crippen LogP contribution in [0.1, 0.15) is 12.8 Å². The molecule has 1 atom stereocenters. The third-order valence-corrected chi connectivity index (χ3v) is 4.67. The number of rotatable bonds is 4. The fourth-order valence-electron chi connectivity index (χ4n) is 3.33. The first-order chi connectivity index (χ1) is 12.3. The summed E-state index contributed by atoms with van der Waals surface area (Å²) in [7, 11) is 0. The molecule has 1 aromatic heterocycles. The summed E-state index contributed by atoms with van der Waals surface area (Å²) in [5, 5.41) is 3.46. The summed E-state index contributed by atoms with van der Waals surface area (Å²) in [6, 6.07) is 12.3. The second-order valence-electron chi connectivity index (χ2n) is 6.42. The lowest BCUT2D eigenvalue weighted by molar-refractivity contribution is 0.245. The minimum Gasteiger partial charge on any atom is -0.456 e. The molecule has 6 heteroatoms. The summed E-state index contributed by atoms with van der Waals surface area (Å²) in [6.07, 6.45) is 7.92. The molecule has 1 fully saturated rings. The van der Waals surface area contributed by atoms with Crippen LogP contribution in [0.2, 0.25) is 0 Å². The Labute approximate surface area is 147 Å². The highest BCUT2D eigenvalue weighted by molar-refractivity contribution is 5.55. The number of nitrogens with zero attached hydrogens (tertiary/aromatic N) is 3. The maximum absolute atomic E-state index is 6.26. The van der Waals surface area contributed by atoms with Gasteiger partial charge < -0.3 is 25.6 Å². The lowest BCUT2D eigenvalue weighted by atomic mass is 10.1. The molecule has 2 aliphatic rings. The van der Waals surface area contributed by atoms with Gasteiger partial charge in [-0.1, -0.05) is 0 Å². The maximum Gasteiger partial charge on any atom is 0.145 e. The van der Waals surface area contributed by atoms with E-state index in [4.69, 9.17) is 10.5 Å². The zero-order valence-electron chi connectivity index (χ0n) is 14.1. The van der Waals surface area contributed by atoms with E-state index >= 15 is 0 Å². The minimum atomic E-state index is 0.519. The van der Waals surface area contributed by atoms with E-state index < -0.39 is 0 Å². The Morgan fingerprint density at radius 1 is 1.16 bits per heavy atom. The number of anilines is 1. The molecule has 3 heterocycles. The van der Waals surface area contributed by atoms with E-state index in [2.05, 4.69) is 26.3 Å². The Bertz CT molecular complexity index is 725. The van der Waals surface area contributed by atoms with Crippen LogP contribution in [-0.4, -0.2) is 35.7 Å². The number of aromatic nitrogens is 1. The zero-order chi connectivity index (χ0) is 17.1. The van der Waals surface area contributed by atoms with Crippen LogP contribution in [0.3, 0.4) is 0 Å². The number of hydrogen-bond donors (Lipinski definition) is 2. The third-order valence-electron chi connectivity index (χ3n) is 4.67. The molecular formula is C19H23N5O. The van der Waals surface area contributed by atoms with Crippen molar-refractivity contribution in [2.24, 2.45) is 5.73 Å². The van der Waals surface area contributed by atoms with Gasteiger partial charge in [-0.25, -0.2) is 0 Å². The summed E-state index contributed by atoms with van der Waals surface area (Å²) < 4.78 is 5.79. The van der Waals surface area contributed by atoms with E-state index in [1.165, 1.54) is 12.8 Å². The van der Waals surface area contributed by atoms with Crippen LogP contribution in [0.15, 0.2) is 60.8 Å². The van der Waals surface area contributed by atoms with Crippen LogP contribution >= 0.6 is 0 Å². The number of nitrogens with one attached hydrogen (secondary N) is 1. The molecule has 25 heavy (non-hydrogen) atoms. The number of hydrogen-bond acceptors (Lipinski definition) is 6. The molecule has 0 bridgehead atoms. The summed E-state index contributed by atoms with van der Waals surface area (Å²) in [6.45, 7) is 2.93. The van der Waals surface area contributed by atoms with Crippen molar-refractivity contribution < 1.29 is 4.74 Å². The number of benzene rings is 1. The van der Waals surface area contributed by atoms with Gasteiger partial charge in [-0.05, 0) is 55.8 Å². The number of ether oxygens (including phenoxy) is 1. The van der Waals surface area contributed by atoms with E-state index in [1.807, 2.05) is 36.4 Å². The smallest absolute Gasteiger partial charge is 0.145 e. The SMILES string of the molecule is NC1=CN([C@@H]2CCCNC2)CN1c1ccc(Oc2cccnc2)cc1. The molecule has 3 N–H and O–H groups in total. The van der Waals surface area contributed by atoms with Gasteiger partial charge in [-0.15, -0.1) is 0 Å². The Hall–Kier alpha value is -2.73. The van der Waals surface area contributed by atoms with Gasteiger partial charge in [0.05, 0.1) is 12.9 Å². The van der Waals surface area contributed by atoms with Crippen molar-refractivity contribution in [3.8, 4) is 11.5 Å². The van der Waals surface area contributed by atoms with E-state index in [-0.39, 0.29) is 0 Å². The van der Waals surface area contributed by atoms with E-state index in [1.54, 1.807) is 12.4 Å². The molecule has 6 nitrogen and oxygen atoms in total. The van der Waals surface area contributed by atoms with Gasteiger partial charge in [0.15, 0.2) is 0 Å². The molecule has 2 aliphatic heterocycles. The molecule has 2 aromatic rings. The molecule has 0 unspecified atom stereocenters. The minimum absolute atomic E-state index is 0.519. The van der Waals surface area contributed by atoms with Crippen LogP contribution in [0.4, 0.5) is 5.69 Å². The predicted octanol–water partition coefficient (Wildman–Crippen LogP) is 2.46. The van der Waals surface area contributed by atoms with Crippen molar-refractivity contribution in [3.05, 3.63) is 60.8 Å². The molecule has 0 spiro atoms. The Morgan fingerprint density at radius 2 is 2.04 bits per heavy atom. The predicted molar refractivity (Wildman–Crippen MR) is 98.1 cm³/mol. The lowest BCUT2D eigenvalue weighted by Gasteiger charge is -2.32. The first kappa shape index (κ1) is 15.8. The number of nitrogens with two attached hydrogens (primary N) is 1. The standard InChI is InChI=1S/C19H23N5O/c20-19-13-23(16-3-1-9-21-11-16)14-24(19)15-5-7-17(8-6-15)25-18-4-2-10-22-12-18/h2,4-8,10,12-13,16,21H,1,3,9,11,14,20H2/t16-/m1/s1. The Balaban J connectivity index is 1.42. The van der Waals surface area contributed by atoms with Gasteiger partial charge in [0.1, 0.15) is 17.3 Å². The molecule has 1 aromatic carbocycles. The largest absolute Gasteiger partial charge is 0.456 e. The molecular weight excluding hydrogens is 314 g/mol. The van der Waals surface area contributed by atoms with Crippen molar-refractivity contribution in [2.75, 3.05) is 24.7 Å². The van der Waals surface area contributed by atoms with Gasteiger partial charge in [0.2, 0.25) is 0 Å². The molecule has 4 rings (SSSR count). The summed E-state index contributed by atoms with van der Waals surface area (Å²) >= 11 is 0. The summed E-state index contributed by atoms with van der Waals surface area (Å²) in [5.74, 6) is 2.30. The first-order valence-electron chi connectivity index (χ1n) is 8.69. The van der Waals surface area contributed by atoms with Gasteiger partial charge in [0.25, 0.3) is 0 Å². The van der Waals surface area contributed by atoms with Crippen LogP contribution in [0.5, 0.6) is 11.5 Å². The maximum atomic E-state index is 6.26. The molecule has 0 saturated carbocycles. The lowest BCUT2D eigenvalue weighted by Crippen LogP contribution is -2.44. The first-order valence-corrected chi connectivity index (χ1v) is 8.69. The highest BCUT2D eigenvalue weighted by atomic mass is 16.5. The average Bonchev–Trinajstić information content (AvgIpc) is 3.06. The van der Waals surface area contributed by atoms with Crippen LogP contribution in [-0.2, 0) is 0 Å². The van der Waals surface area contributed by atoms with E-state index in [9.17, 15) is 0 Å². The number of piperidine rings is 1. The fraction of sp³-hybridized carbons (Fsp3) is 0.316. The highest BCUT2D eigenvalue weighted by Crippen LogP contribution is 2.28. The molecule has 0 amide bonds. The topological polar surface area (TPSA) is 66.7 Å². The Morgan fingerprint density at radius 3 is 2.76 bits per heavy atom. The molecule has 0 radical (unpaired) electrons. The van der Waals surface area contributed by atoms with E-state index in [0.29, 0.717) is 6.04 Å². The van der Waals surface area contributed by atoms with Crippen LogP contribution < -0.4 is 20.7 Å². The summed E-state index contributed by atoms with van der Waals surface area (Å²) in [4.78, 5) is 8.52. The molecule has 1 saturated heterocycles. The van der Waals surface area contributed by atoms with Gasteiger partial charge >= 0.3 is 0 Å². The number of pyridine rings is 1. The highest BCUT2D eigenvalue weighted by Gasteiger charge is 2.26. The van der Waals surface area contributed by atoms with Crippen molar-refractivity contribution in [2.45, 2.75) is 18.9 Å². The van der Waals surface area contributed by atoms with Crippen LogP contribution in [0, 0.1) is 0 Å². The van der Waals surface area contributed by atoms with Crippen molar-refractivity contribution in [1.29, 1.82) is 0 Å². The zero-order valence-corrected chi connectivity index (χ0v) is 14.1. The van der Waals surface area contributed by atoms with Crippen molar-refractivity contribution in [3.63, 3.8) is 0 Å². The second-order valence-corrected chi connectivity index (χ2v) is 6.42. The monoisotopic (exact) mass is 337 g/mol. The quantitative estimate of drug-likeness (QED) is 0.893. The van der Waals surface area contributed by atoms with Crippen molar-refractivity contribution >= 4 is 5.69 Å². The fourth-order valence-corrected chi connectivity index (χ4v) is 3.33. The normalized spacial score (nSPS) is 20.5. The van der Waals surface area contributed by atoms with Gasteiger partial charge in [-0.3, -0.25) is 4.98 Å². The Kier molecular flexibility index (Phi) is 4.43. The van der Waals surface area contributed by atoms with Crippen LogP contribution in [0.25, 0.3) is 0 Å². The third kappa shape index (κ3) is 3.53. The van der Waals surface area contributed by atoms with Gasteiger partial charge in [-0.2, -0.15) is 0 Å². The van der Waals surface area contributed by atoms with E-state index in [0.717, 1.165) is 42.8 Å². The van der Waals surface area contributed by atoms with Gasteiger partial charge in [0, 0.05) is 30.7 Å².